The SMILES string of the molecule is CC(C)N(C(=O)c1ccccc1C#Cc1ccccc1)C(C)C. The van der Waals surface area contributed by atoms with Crippen molar-refractivity contribution in [2.45, 2.75) is 39.8 Å². The van der Waals surface area contributed by atoms with E-state index in [0.29, 0.717) is 5.56 Å². The van der Waals surface area contributed by atoms with E-state index in [1.54, 1.807) is 0 Å². The quantitative estimate of drug-likeness (QED) is 0.772. The van der Waals surface area contributed by atoms with Crippen LogP contribution in [0.2, 0.25) is 0 Å². The van der Waals surface area contributed by atoms with Crippen LogP contribution in [0, 0.1) is 11.8 Å². The van der Waals surface area contributed by atoms with E-state index in [-0.39, 0.29) is 18.0 Å². The molecule has 0 aliphatic carbocycles. The van der Waals surface area contributed by atoms with Gasteiger partial charge in [-0.3, -0.25) is 4.79 Å². The van der Waals surface area contributed by atoms with Gasteiger partial charge in [-0.05, 0) is 52.0 Å². The standard InChI is InChI=1S/C21H23NO/c1-16(2)22(17(3)4)21(23)20-13-9-8-12-19(20)15-14-18-10-6-5-7-11-18/h5-13,16-17H,1-4H3. The van der Waals surface area contributed by atoms with Gasteiger partial charge in [-0.15, -0.1) is 0 Å². The second-order valence-electron chi connectivity index (χ2n) is 6.06. The number of rotatable bonds is 3. The smallest absolute Gasteiger partial charge is 0.255 e. The zero-order chi connectivity index (χ0) is 16.8. The Morgan fingerprint density at radius 2 is 1.39 bits per heavy atom. The lowest BCUT2D eigenvalue weighted by Crippen LogP contribution is -2.42. The van der Waals surface area contributed by atoms with E-state index in [0.717, 1.165) is 11.1 Å². The van der Waals surface area contributed by atoms with Crippen LogP contribution in [0.1, 0.15) is 49.2 Å². The van der Waals surface area contributed by atoms with Crippen LogP contribution in [0.4, 0.5) is 0 Å². The third-order valence-corrected chi connectivity index (χ3v) is 3.62. The van der Waals surface area contributed by atoms with Crippen LogP contribution in [-0.4, -0.2) is 22.9 Å². The van der Waals surface area contributed by atoms with Crippen molar-refractivity contribution in [3.63, 3.8) is 0 Å². The first-order valence-electron chi connectivity index (χ1n) is 7.99. The summed E-state index contributed by atoms with van der Waals surface area (Å²) in [4.78, 5) is 14.8. The van der Waals surface area contributed by atoms with Crippen molar-refractivity contribution in [3.8, 4) is 11.8 Å². The van der Waals surface area contributed by atoms with Crippen LogP contribution in [0.15, 0.2) is 54.6 Å². The van der Waals surface area contributed by atoms with Crippen molar-refractivity contribution in [2.24, 2.45) is 0 Å². The average molecular weight is 305 g/mol. The molecular formula is C21H23NO. The first kappa shape index (κ1) is 16.8. The molecule has 0 spiro atoms. The molecule has 2 rings (SSSR count). The molecule has 0 unspecified atom stereocenters. The molecule has 2 aromatic carbocycles. The molecule has 0 aromatic heterocycles. The largest absolute Gasteiger partial charge is 0.334 e. The molecule has 118 valence electrons. The van der Waals surface area contributed by atoms with Crippen molar-refractivity contribution >= 4 is 5.91 Å². The predicted octanol–water partition coefficient (Wildman–Crippen LogP) is 4.35. The summed E-state index contributed by atoms with van der Waals surface area (Å²) in [6.07, 6.45) is 0. The van der Waals surface area contributed by atoms with Gasteiger partial charge in [-0.2, -0.15) is 0 Å². The van der Waals surface area contributed by atoms with E-state index in [9.17, 15) is 4.79 Å². The summed E-state index contributed by atoms with van der Waals surface area (Å²) >= 11 is 0. The highest BCUT2D eigenvalue weighted by Gasteiger charge is 2.22. The number of carbonyl (C=O) groups excluding carboxylic acids is 1. The van der Waals surface area contributed by atoms with Crippen LogP contribution < -0.4 is 0 Å². The van der Waals surface area contributed by atoms with Gasteiger partial charge in [0.25, 0.3) is 5.91 Å². The summed E-state index contributed by atoms with van der Waals surface area (Å²) in [6, 6.07) is 17.7. The van der Waals surface area contributed by atoms with E-state index < -0.39 is 0 Å². The molecule has 0 aliphatic rings. The van der Waals surface area contributed by atoms with Crippen LogP contribution in [-0.2, 0) is 0 Å². The molecule has 2 aromatic rings. The van der Waals surface area contributed by atoms with Crippen LogP contribution in [0.5, 0.6) is 0 Å². The number of nitrogens with zero attached hydrogens (tertiary/aromatic N) is 1. The second-order valence-corrected chi connectivity index (χ2v) is 6.06. The molecule has 1 amide bonds. The molecule has 0 saturated carbocycles. The minimum atomic E-state index is 0.0351. The number of hydrogen-bond acceptors (Lipinski definition) is 1. The number of carbonyl (C=O) groups is 1. The minimum Gasteiger partial charge on any atom is -0.334 e. The third-order valence-electron chi connectivity index (χ3n) is 3.62. The fourth-order valence-corrected chi connectivity index (χ4v) is 2.64. The highest BCUT2D eigenvalue weighted by molar-refractivity contribution is 5.97. The zero-order valence-electron chi connectivity index (χ0n) is 14.2. The van der Waals surface area contributed by atoms with Gasteiger partial charge >= 0.3 is 0 Å². The summed E-state index contributed by atoms with van der Waals surface area (Å²) in [5.41, 5.74) is 2.38. The van der Waals surface area contributed by atoms with Gasteiger partial charge in [0.2, 0.25) is 0 Å². The second kappa shape index (κ2) is 7.65. The third kappa shape index (κ3) is 4.23. The monoisotopic (exact) mass is 305 g/mol. The molecule has 2 nitrogen and oxygen atoms in total. The Morgan fingerprint density at radius 1 is 0.826 bits per heavy atom. The number of benzene rings is 2. The lowest BCUT2D eigenvalue weighted by Gasteiger charge is -2.31. The van der Waals surface area contributed by atoms with Gasteiger partial charge in [0.15, 0.2) is 0 Å². The molecule has 0 heterocycles. The summed E-state index contributed by atoms with van der Waals surface area (Å²) < 4.78 is 0. The van der Waals surface area contributed by atoms with E-state index in [2.05, 4.69) is 11.8 Å². The van der Waals surface area contributed by atoms with Gasteiger partial charge in [0.1, 0.15) is 0 Å². The number of amides is 1. The van der Waals surface area contributed by atoms with Gasteiger partial charge in [-0.25, -0.2) is 0 Å². The Bertz CT molecular complexity index is 712. The van der Waals surface area contributed by atoms with Crippen LogP contribution in [0.25, 0.3) is 0 Å². The first-order chi connectivity index (χ1) is 11.0. The topological polar surface area (TPSA) is 20.3 Å². The lowest BCUT2D eigenvalue weighted by atomic mass is 10.0. The molecule has 0 saturated heterocycles. The highest BCUT2D eigenvalue weighted by Crippen LogP contribution is 2.16. The molecule has 0 bridgehead atoms. The minimum absolute atomic E-state index is 0.0351. The van der Waals surface area contributed by atoms with E-state index >= 15 is 0 Å². The van der Waals surface area contributed by atoms with Crippen molar-refractivity contribution < 1.29 is 4.79 Å². The predicted molar refractivity (Wildman–Crippen MR) is 95.3 cm³/mol. The van der Waals surface area contributed by atoms with E-state index in [4.69, 9.17) is 0 Å². The first-order valence-corrected chi connectivity index (χ1v) is 7.99. The van der Waals surface area contributed by atoms with Crippen molar-refractivity contribution in [2.75, 3.05) is 0 Å². The lowest BCUT2D eigenvalue weighted by molar-refractivity contribution is 0.0643. The summed E-state index contributed by atoms with van der Waals surface area (Å²) in [5.74, 6) is 6.31. The van der Waals surface area contributed by atoms with Gasteiger partial charge in [0, 0.05) is 23.2 Å². The Labute approximate surface area is 139 Å². The van der Waals surface area contributed by atoms with Crippen molar-refractivity contribution in [3.05, 3.63) is 71.3 Å². The molecule has 0 aliphatic heterocycles. The van der Waals surface area contributed by atoms with Crippen molar-refractivity contribution in [1.29, 1.82) is 0 Å². The fourth-order valence-electron chi connectivity index (χ4n) is 2.64. The van der Waals surface area contributed by atoms with E-state index in [1.165, 1.54) is 0 Å². The molecular weight excluding hydrogens is 282 g/mol. The average Bonchev–Trinajstić information content (AvgIpc) is 2.53. The van der Waals surface area contributed by atoms with Crippen LogP contribution in [0.3, 0.4) is 0 Å². The Balaban J connectivity index is 2.38. The summed E-state index contributed by atoms with van der Waals surface area (Å²) in [5, 5.41) is 0. The maximum absolute atomic E-state index is 12.9. The van der Waals surface area contributed by atoms with Gasteiger partial charge in [-0.1, -0.05) is 42.2 Å². The maximum atomic E-state index is 12.9. The molecule has 0 fully saturated rings. The molecule has 0 radical (unpaired) electrons. The molecule has 0 atom stereocenters. The summed E-state index contributed by atoms with van der Waals surface area (Å²) in [7, 11) is 0. The Hall–Kier alpha value is -2.53. The zero-order valence-corrected chi connectivity index (χ0v) is 14.2. The molecule has 23 heavy (non-hydrogen) atoms. The van der Waals surface area contributed by atoms with Gasteiger partial charge < -0.3 is 4.90 Å². The van der Waals surface area contributed by atoms with Crippen LogP contribution >= 0.6 is 0 Å². The normalized spacial score (nSPS) is 10.3. The fraction of sp³-hybridized carbons (Fsp3) is 0.286. The van der Waals surface area contributed by atoms with E-state index in [1.807, 2.05) is 87.2 Å². The number of hydrogen-bond donors (Lipinski definition) is 0. The molecule has 2 heteroatoms. The van der Waals surface area contributed by atoms with Gasteiger partial charge in [0.05, 0.1) is 5.56 Å². The summed E-state index contributed by atoms with van der Waals surface area (Å²) in [6.45, 7) is 8.15. The van der Waals surface area contributed by atoms with Crippen molar-refractivity contribution in [1.82, 2.24) is 4.90 Å². The Kier molecular flexibility index (Phi) is 5.60. The maximum Gasteiger partial charge on any atom is 0.255 e. The Morgan fingerprint density at radius 3 is 2.00 bits per heavy atom. The molecule has 0 N–H and O–H groups in total. The highest BCUT2D eigenvalue weighted by atomic mass is 16.2.